The van der Waals surface area contributed by atoms with E-state index in [2.05, 4.69) is 38.4 Å². The monoisotopic (exact) mass is 363 g/mol. The first-order valence-corrected chi connectivity index (χ1v) is 9.20. The zero-order valence-electron chi connectivity index (χ0n) is 14.9. The summed E-state index contributed by atoms with van der Waals surface area (Å²) in [7, 11) is 1.76. The molecule has 0 radical (unpaired) electrons. The number of nitrogens with zero attached hydrogens (tertiary/aromatic N) is 3. The number of nitrogens with one attached hydrogen (secondary N) is 2. The normalized spacial score (nSPS) is 18.3. The van der Waals surface area contributed by atoms with Crippen LogP contribution in [0, 0.1) is 6.92 Å². The summed E-state index contributed by atoms with van der Waals surface area (Å²) in [5.74, 6) is 0.824. The van der Waals surface area contributed by atoms with Gasteiger partial charge < -0.3 is 20.4 Å². The second-order valence-electron chi connectivity index (χ2n) is 6.65. The Morgan fingerprint density at radius 2 is 2.00 bits per heavy atom. The van der Waals surface area contributed by atoms with Gasteiger partial charge in [0.2, 0.25) is 5.91 Å². The molecule has 25 heavy (non-hydrogen) atoms. The van der Waals surface area contributed by atoms with Gasteiger partial charge in [0.25, 0.3) is 0 Å². The smallest absolute Gasteiger partial charge is 0.239 e. The predicted molar refractivity (Wildman–Crippen MR) is 103 cm³/mol. The zero-order chi connectivity index (χ0) is 17.8. The predicted octanol–water partition coefficient (Wildman–Crippen LogP) is 1.62. The van der Waals surface area contributed by atoms with Crippen LogP contribution in [0.3, 0.4) is 0 Å². The van der Waals surface area contributed by atoms with Crippen LogP contribution in [0.15, 0.2) is 23.2 Å². The number of aliphatic imine (C=N–C) groups is 1. The van der Waals surface area contributed by atoms with Crippen molar-refractivity contribution < 1.29 is 4.79 Å². The van der Waals surface area contributed by atoms with Crippen molar-refractivity contribution in [3.05, 3.63) is 28.8 Å². The van der Waals surface area contributed by atoms with Gasteiger partial charge in [-0.15, -0.1) is 0 Å². The van der Waals surface area contributed by atoms with Gasteiger partial charge in [0.1, 0.15) is 0 Å². The number of aryl methyl sites for hydroxylation is 1. The Hall–Kier alpha value is -1.95. The standard InChI is InChI=1S/C18H26ClN5O/c1-13-3-4-14(19)11-16(13)23-7-9-24(10-8-23)18(20-2)21-12-17(25)22-15-5-6-15/h3-4,11,15H,5-10,12H2,1-2H3,(H,20,21)(H,22,25). The molecule has 1 saturated carbocycles. The third-order valence-corrected chi connectivity index (χ3v) is 4.89. The van der Waals surface area contributed by atoms with Gasteiger partial charge in [-0.3, -0.25) is 9.79 Å². The summed E-state index contributed by atoms with van der Waals surface area (Å²) in [4.78, 5) is 20.7. The highest BCUT2D eigenvalue weighted by Gasteiger charge is 2.24. The minimum Gasteiger partial charge on any atom is -0.368 e. The molecule has 1 aromatic carbocycles. The summed E-state index contributed by atoms with van der Waals surface area (Å²) in [6, 6.07) is 6.40. The Bertz CT molecular complexity index is 651. The van der Waals surface area contributed by atoms with Crippen LogP contribution in [0.5, 0.6) is 0 Å². The van der Waals surface area contributed by atoms with Gasteiger partial charge in [-0.1, -0.05) is 17.7 Å². The van der Waals surface area contributed by atoms with E-state index in [-0.39, 0.29) is 12.5 Å². The van der Waals surface area contributed by atoms with E-state index in [0.717, 1.165) is 50.0 Å². The van der Waals surface area contributed by atoms with E-state index < -0.39 is 0 Å². The second kappa shape index (κ2) is 7.95. The van der Waals surface area contributed by atoms with Crippen molar-refractivity contribution in [2.45, 2.75) is 25.8 Å². The molecule has 1 aliphatic carbocycles. The number of hydrogen-bond donors (Lipinski definition) is 2. The molecule has 1 amide bonds. The molecular formula is C18H26ClN5O. The van der Waals surface area contributed by atoms with Gasteiger partial charge in [-0.2, -0.15) is 0 Å². The average Bonchev–Trinajstić information content (AvgIpc) is 3.42. The van der Waals surface area contributed by atoms with E-state index in [0.29, 0.717) is 6.04 Å². The first-order chi connectivity index (χ1) is 12.1. The number of amides is 1. The highest BCUT2D eigenvalue weighted by Crippen LogP contribution is 2.25. The maximum atomic E-state index is 11.8. The van der Waals surface area contributed by atoms with Crippen molar-refractivity contribution in [2.75, 3.05) is 44.7 Å². The Morgan fingerprint density at radius 3 is 2.64 bits per heavy atom. The third kappa shape index (κ3) is 4.78. The van der Waals surface area contributed by atoms with E-state index in [4.69, 9.17) is 11.6 Å². The SMILES string of the molecule is CN=C(NCC(=O)NC1CC1)N1CCN(c2cc(Cl)ccc2C)CC1. The number of guanidine groups is 1. The molecular weight excluding hydrogens is 338 g/mol. The highest BCUT2D eigenvalue weighted by atomic mass is 35.5. The minimum absolute atomic E-state index is 0.0387. The minimum atomic E-state index is 0.0387. The van der Waals surface area contributed by atoms with E-state index in [9.17, 15) is 4.79 Å². The number of halogens is 1. The fourth-order valence-electron chi connectivity index (χ4n) is 3.08. The first-order valence-electron chi connectivity index (χ1n) is 8.83. The van der Waals surface area contributed by atoms with E-state index in [1.165, 1.54) is 11.3 Å². The van der Waals surface area contributed by atoms with Crippen molar-refractivity contribution in [1.82, 2.24) is 15.5 Å². The number of carbonyl (C=O) groups is 1. The molecule has 136 valence electrons. The van der Waals surface area contributed by atoms with Crippen molar-refractivity contribution in [2.24, 2.45) is 4.99 Å². The molecule has 7 heteroatoms. The third-order valence-electron chi connectivity index (χ3n) is 4.65. The lowest BCUT2D eigenvalue weighted by Crippen LogP contribution is -2.54. The van der Waals surface area contributed by atoms with E-state index in [1.54, 1.807) is 7.05 Å². The summed E-state index contributed by atoms with van der Waals surface area (Å²) in [5, 5.41) is 6.92. The van der Waals surface area contributed by atoms with Crippen LogP contribution in [0.1, 0.15) is 18.4 Å². The van der Waals surface area contributed by atoms with Gasteiger partial charge >= 0.3 is 0 Å². The average molecular weight is 364 g/mol. The Labute approximate surface area is 154 Å². The molecule has 2 N–H and O–H groups in total. The van der Waals surface area contributed by atoms with Crippen LogP contribution >= 0.6 is 11.6 Å². The van der Waals surface area contributed by atoms with Gasteiger partial charge in [0.05, 0.1) is 6.54 Å². The first kappa shape index (κ1) is 17.9. The lowest BCUT2D eigenvalue weighted by Gasteiger charge is -2.38. The molecule has 2 aliphatic rings. The topological polar surface area (TPSA) is 60.0 Å². The van der Waals surface area contributed by atoms with Crippen LogP contribution < -0.4 is 15.5 Å². The molecule has 1 aromatic rings. The number of rotatable bonds is 4. The molecule has 1 aliphatic heterocycles. The number of benzene rings is 1. The molecule has 0 atom stereocenters. The maximum Gasteiger partial charge on any atom is 0.239 e. The molecule has 1 heterocycles. The summed E-state index contributed by atoms with van der Waals surface area (Å²) < 4.78 is 0. The molecule has 1 saturated heterocycles. The van der Waals surface area contributed by atoms with Gasteiger partial charge in [0, 0.05) is 50.0 Å². The molecule has 0 unspecified atom stereocenters. The van der Waals surface area contributed by atoms with Crippen molar-refractivity contribution in [1.29, 1.82) is 0 Å². The number of anilines is 1. The number of hydrogen-bond acceptors (Lipinski definition) is 3. The van der Waals surface area contributed by atoms with E-state index in [1.807, 2.05) is 12.1 Å². The highest BCUT2D eigenvalue weighted by molar-refractivity contribution is 6.30. The van der Waals surface area contributed by atoms with Gasteiger partial charge in [-0.05, 0) is 37.5 Å². The van der Waals surface area contributed by atoms with Gasteiger partial charge in [-0.25, -0.2) is 0 Å². The molecule has 0 bridgehead atoms. The Balaban J connectivity index is 1.51. The maximum absolute atomic E-state index is 11.8. The molecule has 3 rings (SSSR count). The fourth-order valence-corrected chi connectivity index (χ4v) is 3.25. The number of carbonyl (C=O) groups excluding carboxylic acids is 1. The lowest BCUT2D eigenvalue weighted by molar-refractivity contribution is -0.120. The van der Waals surface area contributed by atoms with Crippen LogP contribution in [-0.2, 0) is 4.79 Å². The summed E-state index contributed by atoms with van der Waals surface area (Å²) in [6.07, 6.45) is 2.21. The Kier molecular flexibility index (Phi) is 5.68. The quantitative estimate of drug-likeness (QED) is 0.630. The van der Waals surface area contributed by atoms with Crippen LogP contribution in [-0.4, -0.2) is 62.6 Å². The van der Waals surface area contributed by atoms with Crippen molar-refractivity contribution in [3.8, 4) is 0 Å². The Morgan fingerprint density at radius 1 is 1.28 bits per heavy atom. The van der Waals surface area contributed by atoms with E-state index >= 15 is 0 Å². The molecule has 2 fully saturated rings. The molecule has 0 spiro atoms. The lowest BCUT2D eigenvalue weighted by atomic mass is 10.1. The summed E-state index contributed by atoms with van der Waals surface area (Å²) >= 11 is 6.14. The second-order valence-corrected chi connectivity index (χ2v) is 7.08. The summed E-state index contributed by atoms with van der Waals surface area (Å²) in [5.41, 5.74) is 2.43. The number of piperazine rings is 1. The zero-order valence-corrected chi connectivity index (χ0v) is 15.6. The summed E-state index contributed by atoms with van der Waals surface area (Å²) in [6.45, 7) is 5.89. The fraction of sp³-hybridized carbons (Fsp3) is 0.556. The van der Waals surface area contributed by atoms with Gasteiger partial charge in [0.15, 0.2) is 5.96 Å². The largest absolute Gasteiger partial charge is 0.368 e. The van der Waals surface area contributed by atoms with Crippen LogP contribution in [0.2, 0.25) is 5.02 Å². The van der Waals surface area contributed by atoms with Crippen LogP contribution in [0.25, 0.3) is 0 Å². The molecule has 6 nitrogen and oxygen atoms in total. The van der Waals surface area contributed by atoms with Crippen molar-refractivity contribution in [3.63, 3.8) is 0 Å². The van der Waals surface area contributed by atoms with Crippen molar-refractivity contribution >= 4 is 29.2 Å². The van der Waals surface area contributed by atoms with Crippen LogP contribution in [0.4, 0.5) is 5.69 Å². The molecule has 0 aromatic heterocycles.